The number of rotatable bonds is 7. The van der Waals surface area contributed by atoms with Gasteiger partial charge in [-0.1, -0.05) is 60.5 Å². The van der Waals surface area contributed by atoms with Gasteiger partial charge in [0, 0.05) is 28.4 Å². The number of aliphatic hydroxyl groups is 1. The Balaban J connectivity index is 1.56. The van der Waals surface area contributed by atoms with Gasteiger partial charge in [-0.2, -0.15) is 0 Å². The maximum atomic E-state index is 13.5. The van der Waals surface area contributed by atoms with Crippen LogP contribution in [0.15, 0.2) is 12.7 Å². The van der Waals surface area contributed by atoms with Crippen molar-refractivity contribution >= 4 is 23.5 Å². The maximum Gasteiger partial charge on any atom is 0.316 e. The van der Waals surface area contributed by atoms with Crippen molar-refractivity contribution in [3.05, 3.63) is 12.7 Å². The molecular weight excluding hydrogens is 468 g/mol. The maximum absolute atomic E-state index is 13.5. The van der Waals surface area contributed by atoms with E-state index in [1.807, 2.05) is 6.08 Å². The quantitative estimate of drug-likeness (QED) is 0.295. The zero-order valence-electron chi connectivity index (χ0n) is 23.6. The Morgan fingerprint density at radius 3 is 2.58 bits per heavy atom. The van der Waals surface area contributed by atoms with Gasteiger partial charge in [-0.05, 0) is 67.6 Å². The van der Waals surface area contributed by atoms with Gasteiger partial charge in [-0.15, -0.1) is 18.3 Å². The minimum absolute atomic E-state index is 0.00450. The number of aliphatic hydroxyl groups excluding tert-OH is 1. The number of carbonyl (C=O) groups is 2. The highest BCUT2D eigenvalue weighted by molar-refractivity contribution is 8.00. The van der Waals surface area contributed by atoms with Crippen LogP contribution < -0.4 is 0 Å². The van der Waals surface area contributed by atoms with Crippen LogP contribution in [0, 0.1) is 45.8 Å². The third-order valence-corrected chi connectivity index (χ3v) is 12.7. The lowest BCUT2D eigenvalue weighted by atomic mass is 9.44. The first-order valence-corrected chi connectivity index (χ1v) is 15.6. The van der Waals surface area contributed by atoms with E-state index in [1.165, 1.54) is 19.3 Å². The molecule has 0 aliphatic heterocycles. The van der Waals surface area contributed by atoms with Crippen LogP contribution in [0.5, 0.6) is 0 Å². The van der Waals surface area contributed by atoms with Crippen molar-refractivity contribution in [2.45, 2.75) is 117 Å². The van der Waals surface area contributed by atoms with Gasteiger partial charge < -0.3 is 9.84 Å². The number of Topliss-reactive ketones (excluding diaryl/α,β-unsaturated/α-hetero) is 1. The molecule has 11 atom stereocenters. The lowest BCUT2D eigenvalue weighted by molar-refractivity contribution is -0.205. The summed E-state index contributed by atoms with van der Waals surface area (Å²) in [4.78, 5) is 26.8. The second-order valence-corrected chi connectivity index (χ2v) is 15.1. The molecular formula is C31H50O4S. The largest absolute Gasteiger partial charge is 0.461 e. The molecule has 0 aromatic carbocycles. The smallest absolute Gasteiger partial charge is 0.316 e. The fraction of sp³-hybridized carbons (Fsp3) is 0.871. The number of carbonyl (C=O) groups excluding carboxylic acids is 2. The van der Waals surface area contributed by atoms with Gasteiger partial charge in [0.05, 0.1) is 11.9 Å². The van der Waals surface area contributed by atoms with Gasteiger partial charge in [0.15, 0.2) is 0 Å². The third-order valence-electron chi connectivity index (χ3n) is 11.5. The summed E-state index contributed by atoms with van der Waals surface area (Å²) in [7, 11) is 0. The van der Waals surface area contributed by atoms with Crippen LogP contribution in [-0.4, -0.2) is 40.1 Å². The molecule has 4 rings (SSSR count). The van der Waals surface area contributed by atoms with Gasteiger partial charge in [0.25, 0.3) is 0 Å². The van der Waals surface area contributed by atoms with Gasteiger partial charge in [-0.3, -0.25) is 9.59 Å². The summed E-state index contributed by atoms with van der Waals surface area (Å²) in [5.41, 5.74) is -1.24. The zero-order valence-corrected chi connectivity index (χ0v) is 24.4. The first-order valence-electron chi connectivity index (χ1n) is 14.5. The minimum atomic E-state index is -0.620. The van der Waals surface area contributed by atoms with Crippen molar-refractivity contribution in [1.82, 2.24) is 0 Å². The van der Waals surface area contributed by atoms with Crippen molar-refractivity contribution in [2.24, 2.45) is 45.8 Å². The number of thioether (sulfide) groups is 1. The standard InChI is InChI=1S/C31H50O4S/c1-8-29(6)17-25(35-26(33)18-36-21(4)16-23-10-9-19(2)15-23)30(7)20(3)11-13-31(22(5)28(29)34)14-12-24(32)27(30)31/h8,19-23,25,27-28,34H,1,9-18H2,2-7H3. The molecule has 36 heavy (non-hydrogen) atoms. The van der Waals surface area contributed by atoms with E-state index in [4.69, 9.17) is 4.74 Å². The van der Waals surface area contributed by atoms with E-state index in [9.17, 15) is 14.7 Å². The number of hydrogen-bond donors (Lipinski definition) is 1. The lowest BCUT2D eigenvalue weighted by Gasteiger charge is -2.61. The average molecular weight is 519 g/mol. The molecule has 0 aromatic heterocycles. The molecule has 0 amide bonds. The van der Waals surface area contributed by atoms with Crippen LogP contribution in [0.1, 0.15) is 99.3 Å². The molecule has 0 heterocycles. The summed E-state index contributed by atoms with van der Waals surface area (Å²) in [6.07, 6.45) is 9.82. The predicted octanol–water partition coefficient (Wildman–Crippen LogP) is 6.84. The second-order valence-electron chi connectivity index (χ2n) is 13.7. The normalized spacial score (nSPS) is 47.5. The van der Waals surface area contributed by atoms with E-state index in [1.54, 1.807) is 11.8 Å². The van der Waals surface area contributed by atoms with E-state index >= 15 is 0 Å². The molecule has 2 bridgehead atoms. The summed E-state index contributed by atoms with van der Waals surface area (Å²) < 4.78 is 6.39. The van der Waals surface area contributed by atoms with Crippen LogP contribution in [0.2, 0.25) is 0 Å². The summed E-state index contributed by atoms with van der Waals surface area (Å²) in [5.74, 6) is 2.18. The van der Waals surface area contributed by atoms with Crippen LogP contribution in [0.25, 0.3) is 0 Å². The van der Waals surface area contributed by atoms with E-state index in [0.29, 0.717) is 29.6 Å². The lowest BCUT2D eigenvalue weighted by Crippen LogP contribution is -2.63. The molecule has 204 valence electrons. The Bertz CT molecular complexity index is 858. The van der Waals surface area contributed by atoms with Crippen molar-refractivity contribution in [3.63, 3.8) is 0 Å². The van der Waals surface area contributed by atoms with Crippen LogP contribution in [-0.2, 0) is 14.3 Å². The molecule has 4 fully saturated rings. The number of esters is 1. The van der Waals surface area contributed by atoms with E-state index in [2.05, 4.69) is 48.1 Å². The molecule has 5 heteroatoms. The second kappa shape index (κ2) is 10.4. The van der Waals surface area contributed by atoms with Gasteiger partial charge in [-0.25, -0.2) is 0 Å². The van der Waals surface area contributed by atoms with E-state index < -0.39 is 23.0 Å². The number of ether oxygens (including phenoxy) is 1. The molecule has 1 N–H and O–H groups in total. The van der Waals surface area contributed by atoms with Crippen LogP contribution >= 0.6 is 11.8 Å². The van der Waals surface area contributed by atoms with Crippen molar-refractivity contribution < 1.29 is 19.4 Å². The van der Waals surface area contributed by atoms with Crippen molar-refractivity contribution in [1.29, 1.82) is 0 Å². The van der Waals surface area contributed by atoms with Gasteiger partial charge >= 0.3 is 5.97 Å². The SMILES string of the molecule is C=CC1(C)CC(OC(=O)CSC(C)CC2CCC(C)C2)C2(C)C(C)CCC3(CCC(=O)C32)C(C)C1O. The monoisotopic (exact) mass is 518 g/mol. The molecule has 0 saturated heterocycles. The first-order chi connectivity index (χ1) is 16.9. The number of hydrogen-bond acceptors (Lipinski definition) is 5. The average Bonchev–Trinajstić information content (AvgIpc) is 3.41. The highest BCUT2D eigenvalue weighted by Crippen LogP contribution is 2.68. The topological polar surface area (TPSA) is 63.6 Å². The van der Waals surface area contributed by atoms with E-state index in [0.717, 1.165) is 37.5 Å². The van der Waals surface area contributed by atoms with Crippen molar-refractivity contribution in [2.75, 3.05) is 5.75 Å². The van der Waals surface area contributed by atoms with Gasteiger partial charge in [0.2, 0.25) is 0 Å². The Hall–Kier alpha value is -0.810. The zero-order chi connectivity index (χ0) is 26.5. The Morgan fingerprint density at radius 1 is 1.22 bits per heavy atom. The molecule has 4 nitrogen and oxygen atoms in total. The van der Waals surface area contributed by atoms with Crippen LogP contribution in [0.4, 0.5) is 0 Å². The highest BCUT2D eigenvalue weighted by atomic mass is 32.2. The summed E-state index contributed by atoms with van der Waals surface area (Å²) in [6.45, 7) is 17.3. The molecule has 0 aromatic rings. The van der Waals surface area contributed by atoms with E-state index in [-0.39, 0.29) is 29.1 Å². The summed E-state index contributed by atoms with van der Waals surface area (Å²) in [5, 5.41) is 12.1. The Labute approximate surface area is 223 Å². The fourth-order valence-corrected chi connectivity index (χ4v) is 9.88. The number of ketones is 1. The van der Waals surface area contributed by atoms with Crippen molar-refractivity contribution in [3.8, 4) is 0 Å². The predicted molar refractivity (Wildman–Crippen MR) is 148 cm³/mol. The molecule has 4 aliphatic rings. The fourth-order valence-electron chi connectivity index (χ4n) is 8.98. The minimum Gasteiger partial charge on any atom is -0.461 e. The van der Waals surface area contributed by atoms with Crippen LogP contribution in [0.3, 0.4) is 0 Å². The highest BCUT2D eigenvalue weighted by Gasteiger charge is 2.68. The van der Waals surface area contributed by atoms with Gasteiger partial charge in [0.1, 0.15) is 11.9 Å². The molecule has 11 unspecified atom stereocenters. The third kappa shape index (κ3) is 4.74. The molecule has 4 saturated carbocycles. The summed E-state index contributed by atoms with van der Waals surface area (Å²) in [6, 6.07) is 0. The molecule has 0 spiro atoms. The summed E-state index contributed by atoms with van der Waals surface area (Å²) >= 11 is 1.71. The molecule has 4 aliphatic carbocycles. The first kappa shape index (κ1) is 28.2. The Morgan fingerprint density at radius 2 is 1.94 bits per heavy atom. The molecule has 0 radical (unpaired) electrons. The Kier molecular flexibility index (Phi) is 8.14.